The van der Waals surface area contributed by atoms with Gasteiger partial charge in [-0.15, -0.1) is 0 Å². The zero-order valence-corrected chi connectivity index (χ0v) is 14.3. The number of carbonyl (C=O) groups is 1. The van der Waals surface area contributed by atoms with E-state index in [-0.39, 0.29) is 5.91 Å². The van der Waals surface area contributed by atoms with Crippen LogP contribution in [0.3, 0.4) is 0 Å². The van der Waals surface area contributed by atoms with Crippen LogP contribution in [0.25, 0.3) is 0 Å². The van der Waals surface area contributed by atoms with Gasteiger partial charge in [0.15, 0.2) is 0 Å². The highest BCUT2D eigenvalue weighted by molar-refractivity contribution is 5.76. The molecular formula is C19H30N2O2. The Balaban J connectivity index is 1.62. The molecule has 1 aliphatic heterocycles. The molecule has 1 amide bonds. The molecule has 0 radical (unpaired) electrons. The van der Waals surface area contributed by atoms with Crippen molar-refractivity contribution in [2.75, 3.05) is 26.2 Å². The predicted molar refractivity (Wildman–Crippen MR) is 93.3 cm³/mol. The van der Waals surface area contributed by atoms with Crippen LogP contribution >= 0.6 is 0 Å². The molecule has 4 heteroatoms. The summed E-state index contributed by atoms with van der Waals surface area (Å²) in [6.07, 6.45) is 5.67. The van der Waals surface area contributed by atoms with Crippen molar-refractivity contribution in [1.29, 1.82) is 0 Å². The molecule has 2 rings (SSSR count). The second kappa shape index (κ2) is 9.68. The van der Waals surface area contributed by atoms with Crippen LogP contribution in [0, 0.1) is 6.92 Å². The Bertz CT molecular complexity index is 465. The third-order valence-corrected chi connectivity index (χ3v) is 4.47. The van der Waals surface area contributed by atoms with Gasteiger partial charge >= 0.3 is 0 Å². The number of piperidine rings is 1. The Hall–Kier alpha value is -1.39. The van der Waals surface area contributed by atoms with E-state index >= 15 is 0 Å². The number of amides is 1. The Kier molecular flexibility index (Phi) is 7.56. The minimum absolute atomic E-state index is 0.289. The van der Waals surface area contributed by atoms with Crippen molar-refractivity contribution in [2.24, 2.45) is 5.73 Å². The van der Waals surface area contributed by atoms with Crippen molar-refractivity contribution in [3.63, 3.8) is 0 Å². The number of carbonyl (C=O) groups excluding carboxylic acids is 1. The van der Waals surface area contributed by atoms with E-state index in [0.29, 0.717) is 19.1 Å². The fourth-order valence-electron chi connectivity index (χ4n) is 2.96. The molecule has 1 aromatic carbocycles. The first-order chi connectivity index (χ1) is 11.2. The van der Waals surface area contributed by atoms with Gasteiger partial charge in [-0.05, 0) is 51.1 Å². The number of benzene rings is 1. The molecule has 1 aliphatic rings. The average molecular weight is 318 g/mol. The van der Waals surface area contributed by atoms with Crippen LogP contribution in [0.15, 0.2) is 24.3 Å². The monoisotopic (exact) mass is 318 g/mol. The van der Waals surface area contributed by atoms with Crippen LogP contribution in [0.2, 0.25) is 0 Å². The molecule has 2 N–H and O–H groups in total. The van der Waals surface area contributed by atoms with Gasteiger partial charge in [0.1, 0.15) is 0 Å². The lowest BCUT2D eigenvalue weighted by Crippen LogP contribution is -2.41. The number of rotatable bonds is 8. The molecule has 4 nitrogen and oxygen atoms in total. The maximum atomic E-state index is 12.3. The standard InChI is InChI=1S/C19H30N2O2/c1-16-6-8-17(9-7-16)4-2-5-19(22)21-13-10-18(11-14-21)23-15-3-12-20/h6-9,18H,2-5,10-15,20H2,1H3. The Morgan fingerprint density at radius 1 is 1.22 bits per heavy atom. The molecule has 0 unspecified atom stereocenters. The Labute approximate surface area is 140 Å². The SMILES string of the molecule is Cc1ccc(CCCC(=O)N2CCC(OCCCN)CC2)cc1. The minimum Gasteiger partial charge on any atom is -0.378 e. The van der Waals surface area contributed by atoms with Gasteiger partial charge in [0.05, 0.1) is 6.10 Å². The van der Waals surface area contributed by atoms with Crippen molar-refractivity contribution in [3.05, 3.63) is 35.4 Å². The predicted octanol–water partition coefficient (Wildman–Crippen LogP) is 2.67. The normalized spacial score (nSPS) is 15.8. The number of nitrogens with two attached hydrogens (primary N) is 1. The lowest BCUT2D eigenvalue weighted by atomic mass is 10.0. The second-order valence-electron chi connectivity index (χ2n) is 6.43. The van der Waals surface area contributed by atoms with Crippen molar-refractivity contribution in [1.82, 2.24) is 4.90 Å². The van der Waals surface area contributed by atoms with Crippen molar-refractivity contribution in [3.8, 4) is 0 Å². The number of ether oxygens (including phenoxy) is 1. The molecule has 0 aliphatic carbocycles. The molecule has 1 heterocycles. The highest BCUT2D eigenvalue weighted by Crippen LogP contribution is 2.16. The van der Waals surface area contributed by atoms with Gasteiger partial charge in [-0.3, -0.25) is 4.79 Å². The molecule has 0 saturated carbocycles. The van der Waals surface area contributed by atoms with E-state index in [2.05, 4.69) is 31.2 Å². The van der Waals surface area contributed by atoms with E-state index in [4.69, 9.17) is 10.5 Å². The molecular weight excluding hydrogens is 288 g/mol. The quantitative estimate of drug-likeness (QED) is 0.750. The maximum Gasteiger partial charge on any atom is 0.222 e. The summed E-state index contributed by atoms with van der Waals surface area (Å²) in [6, 6.07) is 8.58. The third-order valence-electron chi connectivity index (χ3n) is 4.47. The lowest BCUT2D eigenvalue weighted by molar-refractivity contribution is -0.133. The van der Waals surface area contributed by atoms with Gasteiger partial charge in [-0.25, -0.2) is 0 Å². The molecule has 23 heavy (non-hydrogen) atoms. The summed E-state index contributed by atoms with van der Waals surface area (Å²) in [6.45, 7) is 5.17. The van der Waals surface area contributed by atoms with Crippen LogP contribution in [0.1, 0.15) is 43.2 Å². The largest absolute Gasteiger partial charge is 0.378 e. The van der Waals surface area contributed by atoms with E-state index in [9.17, 15) is 4.79 Å². The van der Waals surface area contributed by atoms with Gasteiger partial charge in [0.2, 0.25) is 5.91 Å². The molecule has 0 aromatic heterocycles. The van der Waals surface area contributed by atoms with E-state index in [1.165, 1.54) is 11.1 Å². The van der Waals surface area contributed by atoms with Gasteiger partial charge in [0, 0.05) is 26.1 Å². The topological polar surface area (TPSA) is 55.6 Å². The van der Waals surface area contributed by atoms with Crippen LogP contribution < -0.4 is 5.73 Å². The highest BCUT2D eigenvalue weighted by Gasteiger charge is 2.22. The zero-order chi connectivity index (χ0) is 16.5. The van der Waals surface area contributed by atoms with Crippen molar-refractivity contribution < 1.29 is 9.53 Å². The van der Waals surface area contributed by atoms with Gasteiger partial charge in [-0.1, -0.05) is 29.8 Å². The summed E-state index contributed by atoms with van der Waals surface area (Å²) in [5, 5.41) is 0. The summed E-state index contributed by atoms with van der Waals surface area (Å²) < 4.78 is 5.78. The highest BCUT2D eigenvalue weighted by atomic mass is 16.5. The second-order valence-corrected chi connectivity index (χ2v) is 6.43. The summed E-state index contributed by atoms with van der Waals surface area (Å²) in [4.78, 5) is 14.3. The van der Waals surface area contributed by atoms with Gasteiger partial charge in [-0.2, -0.15) is 0 Å². The molecule has 0 bridgehead atoms. The first-order valence-electron chi connectivity index (χ1n) is 8.84. The van der Waals surface area contributed by atoms with Gasteiger partial charge < -0.3 is 15.4 Å². The molecule has 0 spiro atoms. The number of nitrogens with zero attached hydrogens (tertiary/aromatic N) is 1. The summed E-state index contributed by atoms with van der Waals surface area (Å²) in [5.74, 6) is 0.289. The molecule has 1 saturated heterocycles. The van der Waals surface area contributed by atoms with E-state index in [0.717, 1.165) is 51.8 Å². The van der Waals surface area contributed by atoms with E-state index in [1.54, 1.807) is 0 Å². The van der Waals surface area contributed by atoms with Gasteiger partial charge in [0.25, 0.3) is 0 Å². The maximum absolute atomic E-state index is 12.3. The van der Waals surface area contributed by atoms with Crippen molar-refractivity contribution in [2.45, 2.75) is 51.6 Å². The number of aryl methyl sites for hydroxylation is 2. The number of hydrogen-bond acceptors (Lipinski definition) is 3. The van der Waals surface area contributed by atoms with Crippen LogP contribution in [0.5, 0.6) is 0 Å². The molecule has 1 fully saturated rings. The smallest absolute Gasteiger partial charge is 0.222 e. The van der Waals surface area contributed by atoms with Crippen LogP contribution in [-0.2, 0) is 16.0 Å². The fraction of sp³-hybridized carbons (Fsp3) is 0.632. The number of likely N-dealkylation sites (tertiary alicyclic amines) is 1. The lowest BCUT2D eigenvalue weighted by Gasteiger charge is -2.32. The Morgan fingerprint density at radius 2 is 1.91 bits per heavy atom. The molecule has 1 aromatic rings. The molecule has 0 atom stereocenters. The minimum atomic E-state index is 0.289. The average Bonchev–Trinajstić information content (AvgIpc) is 2.57. The first-order valence-corrected chi connectivity index (χ1v) is 8.84. The van der Waals surface area contributed by atoms with Crippen LogP contribution in [0.4, 0.5) is 0 Å². The summed E-state index contributed by atoms with van der Waals surface area (Å²) >= 11 is 0. The molecule has 128 valence electrons. The number of hydrogen-bond donors (Lipinski definition) is 1. The first kappa shape index (κ1) is 18.0. The Morgan fingerprint density at radius 3 is 2.57 bits per heavy atom. The van der Waals surface area contributed by atoms with E-state index < -0.39 is 0 Å². The fourth-order valence-corrected chi connectivity index (χ4v) is 2.96. The van der Waals surface area contributed by atoms with Crippen molar-refractivity contribution >= 4 is 5.91 Å². The van der Waals surface area contributed by atoms with Crippen LogP contribution in [-0.4, -0.2) is 43.2 Å². The zero-order valence-electron chi connectivity index (χ0n) is 14.3. The third kappa shape index (κ3) is 6.32. The summed E-state index contributed by atoms with van der Waals surface area (Å²) in [7, 11) is 0. The summed E-state index contributed by atoms with van der Waals surface area (Å²) in [5.41, 5.74) is 8.06. The van der Waals surface area contributed by atoms with E-state index in [1.807, 2.05) is 4.90 Å².